The van der Waals surface area contributed by atoms with Gasteiger partial charge in [0.2, 0.25) is 0 Å². The molecule has 0 fully saturated rings. The van der Waals surface area contributed by atoms with E-state index in [0.717, 1.165) is 11.1 Å². The van der Waals surface area contributed by atoms with Crippen LogP contribution in [0.5, 0.6) is 0 Å². The summed E-state index contributed by atoms with van der Waals surface area (Å²) in [5, 5.41) is 7.97. The first-order valence-electron chi connectivity index (χ1n) is 5.81. The largest absolute Gasteiger partial charge is 0.0840 e. The molecule has 0 unspecified atom stereocenters. The Morgan fingerprint density at radius 2 is 1.24 bits per heavy atom. The van der Waals surface area contributed by atoms with Crippen LogP contribution in [0.2, 0.25) is 10.0 Å². The van der Waals surface area contributed by atoms with E-state index in [0.29, 0.717) is 27.8 Å². The topological polar surface area (TPSA) is 97.5 Å². The Kier molecular flexibility index (Phi) is 4.93. The van der Waals surface area contributed by atoms with Crippen LogP contribution in [0, 0.1) is 0 Å². The lowest BCUT2D eigenvalue weighted by Crippen LogP contribution is -1.90. The Bertz CT molecular complexity index is 711. The maximum atomic E-state index is 8.38. The van der Waals surface area contributed by atoms with Gasteiger partial charge in [0, 0.05) is 37.7 Å². The number of benzene rings is 2. The lowest BCUT2D eigenvalue weighted by Gasteiger charge is -2.08. The maximum absolute atomic E-state index is 8.38. The van der Waals surface area contributed by atoms with Crippen molar-refractivity contribution < 1.29 is 0 Å². The van der Waals surface area contributed by atoms with Gasteiger partial charge < -0.3 is 0 Å². The molecule has 0 aliphatic carbocycles. The highest BCUT2D eigenvalue weighted by molar-refractivity contribution is 6.32. The van der Waals surface area contributed by atoms with Crippen LogP contribution in [0.4, 0.5) is 11.4 Å². The van der Waals surface area contributed by atoms with E-state index in [1.165, 1.54) is 0 Å². The average Bonchev–Trinajstić information content (AvgIpc) is 2.45. The normalized spacial score (nSPS) is 9.62. The van der Waals surface area contributed by atoms with Gasteiger partial charge in [-0.25, -0.2) is 0 Å². The summed E-state index contributed by atoms with van der Waals surface area (Å²) in [5.41, 5.74) is 19.4. The van der Waals surface area contributed by atoms with Gasteiger partial charge in [0.15, 0.2) is 0 Å². The lowest BCUT2D eigenvalue weighted by molar-refractivity contribution is 1.19. The maximum Gasteiger partial charge on any atom is 0.0445 e. The second-order valence-electron chi connectivity index (χ2n) is 4.11. The number of rotatable bonds is 4. The zero-order valence-electron chi connectivity index (χ0n) is 10.6. The van der Waals surface area contributed by atoms with Crippen molar-refractivity contribution in [3.8, 4) is 0 Å². The lowest BCUT2D eigenvalue weighted by atomic mass is 10.0. The number of hydrogen-bond donors (Lipinski definition) is 0. The SMILES string of the molecule is [N-]=[N+]=Nc1ccc(Cc2ccc(N=[N+]=[N-])cc2Cl)c(Cl)c1. The molecule has 0 heterocycles. The van der Waals surface area contributed by atoms with Gasteiger partial charge in [-0.3, -0.25) is 0 Å². The van der Waals surface area contributed by atoms with Crippen LogP contribution in [0.1, 0.15) is 11.1 Å². The quantitative estimate of drug-likeness (QED) is 0.350. The zero-order chi connectivity index (χ0) is 15.2. The molecular weight excluding hydrogens is 311 g/mol. The third kappa shape index (κ3) is 3.81. The van der Waals surface area contributed by atoms with E-state index in [9.17, 15) is 0 Å². The molecule has 0 radical (unpaired) electrons. The van der Waals surface area contributed by atoms with Gasteiger partial charge in [-0.05, 0) is 34.3 Å². The van der Waals surface area contributed by atoms with Gasteiger partial charge >= 0.3 is 0 Å². The van der Waals surface area contributed by atoms with Crippen LogP contribution in [-0.2, 0) is 6.42 Å². The molecule has 21 heavy (non-hydrogen) atoms. The summed E-state index contributed by atoms with van der Waals surface area (Å²) in [4.78, 5) is 5.42. The Balaban J connectivity index is 2.29. The molecular formula is C13H8Cl2N6. The Morgan fingerprint density at radius 1 is 0.810 bits per heavy atom. The fourth-order valence-electron chi connectivity index (χ4n) is 1.79. The molecule has 104 valence electrons. The van der Waals surface area contributed by atoms with Gasteiger partial charge in [-0.1, -0.05) is 57.7 Å². The van der Waals surface area contributed by atoms with Crippen molar-refractivity contribution in [1.82, 2.24) is 0 Å². The molecule has 2 aromatic carbocycles. The molecule has 0 aromatic heterocycles. The molecule has 6 nitrogen and oxygen atoms in total. The fourth-order valence-corrected chi connectivity index (χ4v) is 2.28. The molecule has 0 aliphatic rings. The first-order chi connectivity index (χ1) is 10.1. The standard InChI is InChI=1S/C13H8Cl2N6/c14-12-6-10(18-20-16)3-1-8(12)5-9-2-4-11(19-21-17)7-13(9)15/h1-4,6-7H,5H2. The summed E-state index contributed by atoms with van der Waals surface area (Å²) in [6.07, 6.45) is 0.519. The third-order valence-corrected chi connectivity index (χ3v) is 3.48. The van der Waals surface area contributed by atoms with Crippen LogP contribution in [0.25, 0.3) is 20.9 Å². The van der Waals surface area contributed by atoms with Crippen molar-refractivity contribution in [1.29, 1.82) is 0 Å². The van der Waals surface area contributed by atoms with E-state index >= 15 is 0 Å². The third-order valence-electron chi connectivity index (χ3n) is 2.77. The Morgan fingerprint density at radius 3 is 1.57 bits per heavy atom. The first kappa shape index (κ1) is 15.0. The summed E-state index contributed by atoms with van der Waals surface area (Å²) in [6.45, 7) is 0. The number of azide groups is 2. The predicted molar refractivity (Wildman–Crippen MR) is 83.3 cm³/mol. The summed E-state index contributed by atoms with van der Waals surface area (Å²) < 4.78 is 0. The number of halogens is 2. The van der Waals surface area contributed by atoms with E-state index in [4.69, 9.17) is 34.3 Å². The van der Waals surface area contributed by atoms with Gasteiger partial charge in [0.25, 0.3) is 0 Å². The molecule has 2 aromatic rings. The molecule has 0 N–H and O–H groups in total. The van der Waals surface area contributed by atoms with E-state index in [2.05, 4.69) is 20.1 Å². The molecule has 0 aliphatic heterocycles. The zero-order valence-corrected chi connectivity index (χ0v) is 12.1. The van der Waals surface area contributed by atoms with Crippen LogP contribution >= 0.6 is 23.2 Å². The molecule has 0 saturated carbocycles. The van der Waals surface area contributed by atoms with Crippen LogP contribution < -0.4 is 0 Å². The van der Waals surface area contributed by atoms with Crippen LogP contribution in [0.15, 0.2) is 46.6 Å². The summed E-state index contributed by atoms with van der Waals surface area (Å²) in [5.74, 6) is 0. The van der Waals surface area contributed by atoms with Crippen molar-refractivity contribution in [2.75, 3.05) is 0 Å². The van der Waals surface area contributed by atoms with Crippen LogP contribution in [-0.4, -0.2) is 0 Å². The molecule has 0 saturated heterocycles. The molecule has 8 heteroatoms. The molecule has 2 rings (SSSR count). The molecule has 0 bridgehead atoms. The second kappa shape index (κ2) is 6.88. The molecule has 0 atom stereocenters. The molecule has 0 amide bonds. The van der Waals surface area contributed by atoms with E-state index in [-0.39, 0.29) is 0 Å². The van der Waals surface area contributed by atoms with Gasteiger partial charge in [-0.15, -0.1) is 0 Å². The van der Waals surface area contributed by atoms with E-state index < -0.39 is 0 Å². The monoisotopic (exact) mass is 318 g/mol. The minimum atomic E-state index is 0.455. The van der Waals surface area contributed by atoms with E-state index in [1.54, 1.807) is 36.4 Å². The van der Waals surface area contributed by atoms with Crippen molar-refractivity contribution in [2.45, 2.75) is 6.42 Å². The van der Waals surface area contributed by atoms with Gasteiger partial charge in [-0.2, -0.15) is 0 Å². The van der Waals surface area contributed by atoms with Gasteiger partial charge in [0.1, 0.15) is 0 Å². The highest BCUT2D eigenvalue weighted by Gasteiger charge is 2.06. The summed E-state index contributed by atoms with van der Waals surface area (Å²) in [7, 11) is 0. The van der Waals surface area contributed by atoms with Crippen molar-refractivity contribution in [2.24, 2.45) is 10.2 Å². The van der Waals surface area contributed by atoms with E-state index in [1.807, 2.05) is 0 Å². The van der Waals surface area contributed by atoms with Crippen molar-refractivity contribution in [3.63, 3.8) is 0 Å². The predicted octanol–water partition coefficient (Wildman–Crippen LogP) is 6.47. The minimum absolute atomic E-state index is 0.455. The summed E-state index contributed by atoms with van der Waals surface area (Å²) >= 11 is 12.3. The first-order valence-corrected chi connectivity index (χ1v) is 6.56. The minimum Gasteiger partial charge on any atom is -0.0840 e. The van der Waals surface area contributed by atoms with Gasteiger partial charge in [0.05, 0.1) is 0 Å². The highest BCUT2D eigenvalue weighted by Crippen LogP contribution is 2.29. The average molecular weight is 319 g/mol. The summed E-state index contributed by atoms with van der Waals surface area (Å²) in [6, 6.07) is 10.1. The van der Waals surface area contributed by atoms with Crippen LogP contribution in [0.3, 0.4) is 0 Å². The Labute approximate surface area is 130 Å². The second-order valence-corrected chi connectivity index (χ2v) is 4.92. The smallest absolute Gasteiger partial charge is 0.0445 e. The van der Waals surface area contributed by atoms with Crippen molar-refractivity contribution >= 4 is 34.6 Å². The molecule has 0 spiro atoms. The number of nitrogens with zero attached hydrogens (tertiary/aromatic N) is 6. The fraction of sp³-hybridized carbons (Fsp3) is 0.0769. The highest BCUT2D eigenvalue weighted by atomic mass is 35.5. The van der Waals surface area contributed by atoms with Crippen molar-refractivity contribution in [3.05, 3.63) is 78.5 Å². The Hall–Kier alpha value is -2.36. The number of hydrogen-bond acceptors (Lipinski definition) is 2.